The summed E-state index contributed by atoms with van der Waals surface area (Å²) in [5.74, 6) is -0.965. The molecular weight excluding hydrogens is 192 g/mol. The van der Waals surface area contributed by atoms with E-state index in [1.807, 2.05) is 0 Å². The molecule has 1 fully saturated rings. The van der Waals surface area contributed by atoms with E-state index in [4.69, 9.17) is 9.84 Å². The van der Waals surface area contributed by atoms with Crippen molar-refractivity contribution in [3.8, 4) is 0 Å². The molecule has 0 radical (unpaired) electrons. The molecule has 1 aliphatic rings. The van der Waals surface area contributed by atoms with Crippen LogP contribution in [-0.2, 0) is 14.3 Å². The Hall–Kier alpha value is -0.550. The van der Waals surface area contributed by atoms with E-state index < -0.39 is 5.97 Å². The summed E-state index contributed by atoms with van der Waals surface area (Å²) in [5, 5.41) is 7.65. The van der Waals surface area contributed by atoms with Gasteiger partial charge in [0.15, 0.2) is 0 Å². The van der Waals surface area contributed by atoms with Gasteiger partial charge in [0.1, 0.15) is 12.4 Å². The molecule has 0 aromatic carbocycles. The Balaban J connectivity index is 0.000000252. The molecule has 0 aliphatic carbocycles. The fourth-order valence-corrected chi connectivity index (χ4v) is 0.873. The fourth-order valence-electron chi connectivity index (χ4n) is 0.873. The number of carboxylic acid groups (broad SMARTS) is 1. The van der Waals surface area contributed by atoms with Crippen LogP contribution in [0.3, 0.4) is 0 Å². The summed E-state index contributed by atoms with van der Waals surface area (Å²) >= 11 is 3.42. The number of aliphatic carboxylic acids is 1. The van der Waals surface area contributed by atoms with Crippen LogP contribution >= 0.6 is 12.6 Å². The summed E-state index contributed by atoms with van der Waals surface area (Å²) in [7, 11) is 0. The highest BCUT2D eigenvalue weighted by Crippen LogP contribution is 2.09. The summed E-state index contributed by atoms with van der Waals surface area (Å²) in [4.78, 5) is 19.3. The van der Waals surface area contributed by atoms with E-state index in [1.54, 1.807) is 0 Å². The van der Waals surface area contributed by atoms with E-state index in [-0.39, 0.29) is 11.9 Å². The zero-order valence-electron chi connectivity index (χ0n) is 7.31. The number of hydrogen-bond acceptors (Lipinski definition) is 4. The Bertz CT molecular complexity index is 154. The molecule has 1 aliphatic heterocycles. The SMILES string of the molecule is O=C(O)CS.O=C[C@@H]1CCCCO1. The van der Waals surface area contributed by atoms with Crippen molar-refractivity contribution in [3.63, 3.8) is 0 Å². The molecule has 0 saturated carbocycles. The zero-order chi connectivity index (χ0) is 10.1. The molecule has 0 aromatic rings. The molecule has 1 saturated heterocycles. The number of carboxylic acids is 1. The molecule has 1 N–H and O–H groups in total. The quantitative estimate of drug-likeness (QED) is 0.517. The van der Waals surface area contributed by atoms with Gasteiger partial charge in [0.05, 0.1) is 5.75 Å². The lowest BCUT2D eigenvalue weighted by Gasteiger charge is -2.16. The van der Waals surface area contributed by atoms with E-state index in [0.29, 0.717) is 0 Å². The van der Waals surface area contributed by atoms with E-state index in [1.165, 1.54) is 0 Å². The van der Waals surface area contributed by atoms with Crippen molar-refractivity contribution in [2.24, 2.45) is 0 Å². The third-order valence-electron chi connectivity index (χ3n) is 1.50. The van der Waals surface area contributed by atoms with Crippen molar-refractivity contribution >= 4 is 24.9 Å². The summed E-state index contributed by atoms with van der Waals surface area (Å²) in [6.45, 7) is 0.767. The van der Waals surface area contributed by atoms with Crippen LogP contribution in [0.25, 0.3) is 0 Å². The standard InChI is InChI=1S/C6H10O2.C2H4O2S/c7-5-6-3-1-2-4-8-6;3-2(4)1-5/h5-6H,1-4H2;5H,1H2,(H,3,4)/t6-;/m0./s1. The topological polar surface area (TPSA) is 63.6 Å². The Kier molecular flexibility index (Phi) is 7.73. The van der Waals surface area contributed by atoms with Crippen LogP contribution in [0.2, 0.25) is 0 Å². The first-order valence-electron chi connectivity index (χ1n) is 4.10. The molecule has 5 heteroatoms. The molecule has 0 aromatic heterocycles. The van der Waals surface area contributed by atoms with Gasteiger partial charge in [-0.15, -0.1) is 0 Å². The fraction of sp³-hybridized carbons (Fsp3) is 0.750. The van der Waals surface area contributed by atoms with E-state index in [2.05, 4.69) is 12.6 Å². The van der Waals surface area contributed by atoms with E-state index in [9.17, 15) is 9.59 Å². The van der Waals surface area contributed by atoms with E-state index >= 15 is 0 Å². The van der Waals surface area contributed by atoms with Crippen molar-refractivity contribution in [1.82, 2.24) is 0 Å². The predicted molar refractivity (Wildman–Crippen MR) is 51.1 cm³/mol. The number of thiol groups is 1. The summed E-state index contributed by atoms with van der Waals surface area (Å²) < 4.78 is 5.06. The Morgan fingerprint density at radius 1 is 1.62 bits per heavy atom. The van der Waals surface area contributed by atoms with Gasteiger partial charge in [0, 0.05) is 6.61 Å². The third kappa shape index (κ3) is 7.80. The minimum atomic E-state index is -0.881. The molecule has 1 heterocycles. The van der Waals surface area contributed by atoms with Gasteiger partial charge >= 0.3 is 5.97 Å². The van der Waals surface area contributed by atoms with Crippen molar-refractivity contribution in [3.05, 3.63) is 0 Å². The molecule has 76 valence electrons. The summed E-state index contributed by atoms with van der Waals surface area (Å²) in [6, 6.07) is 0. The number of carbonyl (C=O) groups is 2. The number of rotatable bonds is 2. The number of carbonyl (C=O) groups excluding carboxylic acids is 1. The van der Waals surface area contributed by atoms with Gasteiger partial charge < -0.3 is 14.6 Å². The summed E-state index contributed by atoms with van der Waals surface area (Å²) in [6.07, 6.45) is 3.97. The second-order valence-electron chi connectivity index (χ2n) is 2.59. The van der Waals surface area contributed by atoms with Crippen LogP contribution in [0, 0.1) is 0 Å². The van der Waals surface area contributed by atoms with Gasteiger partial charge in [-0.3, -0.25) is 4.79 Å². The minimum absolute atomic E-state index is 0.0833. The maximum absolute atomic E-state index is 10.0. The maximum atomic E-state index is 10.0. The lowest BCUT2D eigenvalue weighted by Crippen LogP contribution is -2.19. The van der Waals surface area contributed by atoms with Crippen LogP contribution in [0.5, 0.6) is 0 Å². The number of ether oxygens (including phenoxy) is 1. The molecule has 1 atom stereocenters. The van der Waals surface area contributed by atoms with Crippen molar-refractivity contribution < 1.29 is 19.4 Å². The minimum Gasteiger partial charge on any atom is -0.481 e. The third-order valence-corrected chi connectivity index (χ3v) is 1.77. The highest BCUT2D eigenvalue weighted by atomic mass is 32.1. The molecule has 13 heavy (non-hydrogen) atoms. The van der Waals surface area contributed by atoms with Gasteiger partial charge in [-0.2, -0.15) is 12.6 Å². The zero-order valence-corrected chi connectivity index (χ0v) is 8.20. The summed E-state index contributed by atoms with van der Waals surface area (Å²) in [5.41, 5.74) is 0. The average Bonchev–Trinajstić information content (AvgIpc) is 2.20. The van der Waals surface area contributed by atoms with Gasteiger partial charge in [-0.25, -0.2) is 0 Å². The average molecular weight is 206 g/mol. The largest absolute Gasteiger partial charge is 0.481 e. The number of hydrogen-bond donors (Lipinski definition) is 2. The Morgan fingerprint density at radius 3 is 2.46 bits per heavy atom. The Morgan fingerprint density at radius 2 is 2.23 bits per heavy atom. The van der Waals surface area contributed by atoms with Crippen LogP contribution in [0.4, 0.5) is 0 Å². The van der Waals surface area contributed by atoms with Gasteiger partial charge in [0.2, 0.25) is 0 Å². The predicted octanol–water partition coefficient (Wildman–Crippen LogP) is 0.755. The molecule has 4 nitrogen and oxygen atoms in total. The lowest BCUT2D eigenvalue weighted by atomic mass is 10.1. The van der Waals surface area contributed by atoms with Gasteiger partial charge in [-0.1, -0.05) is 0 Å². The highest BCUT2D eigenvalue weighted by Gasteiger charge is 2.10. The van der Waals surface area contributed by atoms with Crippen LogP contribution in [-0.4, -0.2) is 35.8 Å². The van der Waals surface area contributed by atoms with Gasteiger partial charge in [-0.05, 0) is 19.3 Å². The first kappa shape index (κ1) is 12.4. The molecule has 0 amide bonds. The van der Waals surface area contributed by atoms with Crippen molar-refractivity contribution in [2.45, 2.75) is 25.4 Å². The lowest BCUT2D eigenvalue weighted by molar-refractivity contribution is -0.133. The second kappa shape index (κ2) is 8.07. The first-order valence-corrected chi connectivity index (χ1v) is 4.73. The second-order valence-corrected chi connectivity index (χ2v) is 2.91. The molecule has 1 rings (SSSR count). The van der Waals surface area contributed by atoms with Gasteiger partial charge in [0.25, 0.3) is 0 Å². The van der Waals surface area contributed by atoms with Crippen molar-refractivity contribution in [1.29, 1.82) is 0 Å². The highest BCUT2D eigenvalue weighted by molar-refractivity contribution is 7.81. The molecule has 0 bridgehead atoms. The van der Waals surface area contributed by atoms with Crippen molar-refractivity contribution in [2.75, 3.05) is 12.4 Å². The van der Waals surface area contributed by atoms with Crippen LogP contribution in [0.15, 0.2) is 0 Å². The van der Waals surface area contributed by atoms with Crippen LogP contribution < -0.4 is 0 Å². The van der Waals surface area contributed by atoms with E-state index in [0.717, 1.165) is 32.2 Å². The van der Waals surface area contributed by atoms with Crippen LogP contribution in [0.1, 0.15) is 19.3 Å². The first-order chi connectivity index (χ1) is 6.20. The molecular formula is C8H14O4S. The molecule has 0 unspecified atom stereocenters. The smallest absolute Gasteiger partial charge is 0.313 e. The monoisotopic (exact) mass is 206 g/mol. The Labute approximate surface area is 82.7 Å². The normalized spacial score (nSPS) is 21.2. The number of aldehydes is 1. The maximum Gasteiger partial charge on any atom is 0.313 e. The molecule has 0 spiro atoms.